The zero-order chi connectivity index (χ0) is 12.5. The van der Waals surface area contributed by atoms with Crippen LogP contribution in [-0.4, -0.2) is 32.9 Å². The number of benzene rings is 1. The molecule has 0 bridgehead atoms. The number of hydrogen-bond donors (Lipinski definition) is 1. The Morgan fingerprint density at radius 2 is 2.00 bits per heavy atom. The molecule has 0 aromatic heterocycles. The molecule has 0 aliphatic carbocycles. The lowest BCUT2D eigenvalue weighted by molar-refractivity contribution is 0.188. The van der Waals surface area contributed by atoms with E-state index in [4.69, 9.17) is 9.47 Å². The van der Waals surface area contributed by atoms with Crippen LogP contribution in [-0.2, 0) is 4.74 Å². The Morgan fingerprint density at radius 3 is 2.65 bits per heavy atom. The van der Waals surface area contributed by atoms with E-state index in [1.165, 1.54) is 0 Å². The quantitative estimate of drug-likeness (QED) is 0.749. The predicted octanol–water partition coefficient (Wildman–Crippen LogP) is 2.84. The van der Waals surface area contributed by atoms with E-state index < -0.39 is 0 Å². The molecule has 0 aliphatic heterocycles. The normalized spacial score (nSPS) is 12.4. The number of halogens is 1. The first-order chi connectivity index (χ1) is 8.22. The summed E-state index contributed by atoms with van der Waals surface area (Å²) in [7, 11) is 1.72. The molecule has 0 saturated heterocycles. The van der Waals surface area contributed by atoms with Crippen LogP contribution >= 0.6 is 15.9 Å². The van der Waals surface area contributed by atoms with Gasteiger partial charge in [0.15, 0.2) is 0 Å². The van der Waals surface area contributed by atoms with Gasteiger partial charge < -0.3 is 14.8 Å². The summed E-state index contributed by atoms with van der Waals surface area (Å²) in [6.07, 6.45) is 1.19. The van der Waals surface area contributed by atoms with E-state index in [0.29, 0.717) is 0 Å². The monoisotopic (exact) mass is 301 g/mol. The van der Waals surface area contributed by atoms with Gasteiger partial charge in [0.1, 0.15) is 11.9 Å². The second kappa shape index (κ2) is 8.50. The van der Waals surface area contributed by atoms with E-state index in [9.17, 15) is 0 Å². The van der Waals surface area contributed by atoms with Gasteiger partial charge in [0.25, 0.3) is 0 Å². The Balaban J connectivity index is 2.16. The highest BCUT2D eigenvalue weighted by Crippen LogP contribution is 2.16. The first-order valence-corrected chi connectivity index (χ1v) is 6.63. The van der Waals surface area contributed by atoms with Gasteiger partial charge in [-0.2, -0.15) is 0 Å². The van der Waals surface area contributed by atoms with Crippen LogP contribution in [0, 0.1) is 0 Å². The molecular formula is C13H20BrNO2. The zero-order valence-corrected chi connectivity index (χ0v) is 12.0. The van der Waals surface area contributed by atoms with E-state index in [1.54, 1.807) is 7.11 Å². The summed E-state index contributed by atoms with van der Waals surface area (Å²) < 4.78 is 11.8. The van der Waals surface area contributed by atoms with Crippen LogP contribution in [0.15, 0.2) is 28.7 Å². The van der Waals surface area contributed by atoms with Crippen LogP contribution in [0.2, 0.25) is 0 Å². The van der Waals surface area contributed by atoms with Crippen molar-refractivity contribution in [2.75, 3.05) is 26.8 Å². The van der Waals surface area contributed by atoms with Gasteiger partial charge in [-0.05, 0) is 44.2 Å². The van der Waals surface area contributed by atoms with E-state index in [2.05, 4.69) is 28.2 Å². The summed E-state index contributed by atoms with van der Waals surface area (Å²) in [6, 6.07) is 7.89. The summed E-state index contributed by atoms with van der Waals surface area (Å²) in [5.74, 6) is 0.902. The van der Waals surface area contributed by atoms with Gasteiger partial charge in [-0.1, -0.05) is 15.9 Å². The van der Waals surface area contributed by atoms with Crippen molar-refractivity contribution in [2.45, 2.75) is 19.4 Å². The predicted molar refractivity (Wildman–Crippen MR) is 73.6 cm³/mol. The molecule has 1 aromatic carbocycles. The molecule has 1 unspecified atom stereocenters. The van der Waals surface area contributed by atoms with E-state index in [1.807, 2.05) is 24.3 Å². The Bertz CT molecular complexity index is 303. The lowest BCUT2D eigenvalue weighted by Gasteiger charge is -2.15. The number of hydrogen-bond acceptors (Lipinski definition) is 3. The van der Waals surface area contributed by atoms with Crippen LogP contribution in [0.3, 0.4) is 0 Å². The average Bonchev–Trinajstić information content (AvgIpc) is 2.32. The number of nitrogens with one attached hydrogen (secondary N) is 1. The SMILES string of the molecule is COCCCNCC(C)Oc1ccc(Br)cc1. The molecule has 1 atom stereocenters. The Morgan fingerprint density at radius 1 is 1.29 bits per heavy atom. The minimum Gasteiger partial charge on any atom is -0.489 e. The van der Waals surface area contributed by atoms with Crippen molar-refractivity contribution in [2.24, 2.45) is 0 Å². The van der Waals surface area contributed by atoms with Gasteiger partial charge in [-0.3, -0.25) is 0 Å². The van der Waals surface area contributed by atoms with Crippen molar-refractivity contribution in [3.05, 3.63) is 28.7 Å². The maximum Gasteiger partial charge on any atom is 0.119 e. The molecule has 0 radical (unpaired) electrons. The molecule has 1 aromatic rings. The van der Waals surface area contributed by atoms with Gasteiger partial charge in [0.05, 0.1) is 0 Å². The van der Waals surface area contributed by atoms with E-state index in [-0.39, 0.29) is 6.10 Å². The fourth-order valence-corrected chi connectivity index (χ4v) is 1.70. The first kappa shape index (κ1) is 14.5. The third-order valence-electron chi connectivity index (χ3n) is 2.28. The third kappa shape index (κ3) is 6.66. The van der Waals surface area contributed by atoms with Crippen LogP contribution in [0.5, 0.6) is 5.75 Å². The van der Waals surface area contributed by atoms with Crippen molar-refractivity contribution >= 4 is 15.9 Å². The summed E-state index contributed by atoms with van der Waals surface area (Å²) >= 11 is 3.40. The molecule has 17 heavy (non-hydrogen) atoms. The van der Waals surface area contributed by atoms with Crippen LogP contribution in [0.1, 0.15) is 13.3 Å². The number of rotatable bonds is 8. The maximum atomic E-state index is 5.76. The molecule has 0 amide bonds. The van der Waals surface area contributed by atoms with E-state index >= 15 is 0 Å². The van der Waals surface area contributed by atoms with Crippen molar-refractivity contribution in [1.29, 1.82) is 0 Å². The molecule has 96 valence electrons. The summed E-state index contributed by atoms with van der Waals surface area (Å²) in [4.78, 5) is 0. The molecule has 1 rings (SSSR count). The second-order valence-corrected chi connectivity index (χ2v) is 4.85. The Labute approximate surface area is 112 Å². The molecule has 4 heteroatoms. The fourth-order valence-electron chi connectivity index (χ4n) is 1.43. The smallest absolute Gasteiger partial charge is 0.119 e. The standard InChI is InChI=1S/C13H20BrNO2/c1-11(10-15-8-3-9-16-2)17-13-6-4-12(14)5-7-13/h4-7,11,15H,3,8-10H2,1-2H3. The Hall–Kier alpha value is -0.580. The maximum absolute atomic E-state index is 5.76. The van der Waals surface area contributed by atoms with Crippen LogP contribution in [0.4, 0.5) is 0 Å². The second-order valence-electron chi connectivity index (χ2n) is 3.93. The highest BCUT2D eigenvalue weighted by atomic mass is 79.9. The average molecular weight is 302 g/mol. The van der Waals surface area contributed by atoms with Gasteiger partial charge in [0, 0.05) is 24.7 Å². The Kier molecular flexibility index (Phi) is 7.24. The zero-order valence-electron chi connectivity index (χ0n) is 10.4. The summed E-state index contributed by atoms with van der Waals surface area (Å²) in [5.41, 5.74) is 0. The van der Waals surface area contributed by atoms with Crippen molar-refractivity contribution in [1.82, 2.24) is 5.32 Å². The molecule has 0 aliphatic rings. The minimum absolute atomic E-state index is 0.165. The number of ether oxygens (including phenoxy) is 2. The largest absolute Gasteiger partial charge is 0.489 e. The lowest BCUT2D eigenvalue weighted by Crippen LogP contribution is -2.30. The first-order valence-electron chi connectivity index (χ1n) is 5.84. The highest BCUT2D eigenvalue weighted by molar-refractivity contribution is 9.10. The molecule has 0 spiro atoms. The summed E-state index contributed by atoms with van der Waals surface area (Å²) in [6.45, 7) is 4.67. The number of methoxy groups -OCH3 is 1. The lowest BCUT2D eigenvalue weighted by atomic mass is 10.3. The topological polar surface area (TPSA) is 30.5 Å². The molecule has 0 heterocycles. The van der Waals surface area contributed by atoms with Gasteiger partial charge in [-0.15, -0.1) is 0 Å². The van der Waals surface area contributed by atoms with Crippen LogP contribution < -0.4 is 10.1 Å². The van der Waals surface area contributed by atoms with Gasteiger partial charge in [0.2, 0.25) is 0 Å². The molecule has 0 fully saturated rings. The minimum atomic E-state index is 0.165. The molecular weight excluding hydrogens is 282 g/mol. The van der Waals surface area contributed by atoms with Gasteiger partial charge in [-0.25, -0.2) is 0 Å². The van der Waals surface area contributed by atoms with Crippen molar-refractivity contribution in [3.8, 4) is 5.75 Å². The van der Waals surface area contributed by atoms with Gasteiger partial charge >= 0.3 is 0 Å². The van der Waals surface area contributed by atoms with Crippen molar-refractivity contribution < 1.29 is 9.47 Å². The fraction of sp³-hybridized carbons (Fsp3) is 0.538. The highest BCUT2D eigenvalue weighted by Gasteiger charge is 2.03. The summed E-state index contributed by atoms with van der Waals surface area (Å²) in [5, 5.41) is 3.34. The van der Waals surface area contributed by atoms with Crippen molar-refractivity contribution in [3.63, 3.8) is 0 Å². The molecule has 1 N–H and O–H groups in total. The van der Waals surface area contributed by atoms with Crippen LogP contribution in [0.25, 0.3) is 0 Å². The third-order valence-corrected chi connectivity index (χ3v) is 2.81. The van der Waals surface area contributed by atoms with E-state index in [0.717, 1.165) is 36.3 Å². The molecule has 3 nitrogen and oxygen atoms in total. The molecule has 0 saturated carbocycles.